The van der Waals surface area contributed by atoms with Gasteiger partial charge in [-0.15, -0.1) is 0 Å². The van der Waals surface area contributed by atoms with Crippen molar-refractivity contribution in [3.05, 3.63) is 11.7 Å². The van der Waals surface area contributed by atoms with Crippen molar-refractivity contribution in [2.75, 3.05) is 5.75 Å². The summed E-state index contributed by atoms with van der Waals surface area (Å²) in [5.41, 5.74) is 0. The fourth-order valence-electron chi connectivity index (χ4n) is 0.760. The van der Waals surface area contributed by atoms with Crippen molar-refractivity contribution in [2.45, 2.75) is 19.6 Å². The van der Waals surface area contributed by atoms with Crippen LogP contribution >= 0.6 is 11.8 Å². The molecule has 5 heteroatoms. The van der Waals surface area contributed by atoms with E-state index in [9.17, 15) is 4.79 Å². The maximum Gasteiger partial charge on any atom is 0.290 e. The van der Waals surface area contributed by atoms with E-state index in [2.05, 4.69) is 28.5 Å². The summed E-state index contributed by atoms with van der Waals surface area (Å²) >= 11 is 1.74. The third kappa shape index (κ3) is 3.59. The minimum atomic E-state index is 0.0557. The van der Waals surface area contributed by atoms with Gasteiger partial charge in [-0.1, -0.05) is 19.0 Å². The van der Waals surface area contributed by atoms with Crippen LogP contribution in [0.1, 0.15) is 30.4 Å². The molecule has 0 amide bonds. The van der Waals surface area contributed by atoms with Crippen LogP contribution in [0.25, 0.3) is 0 Å². The first kappa shape index (κ1) is 10.2. The number of aldehydes is 1. The second-order valence-electron chi connectivity index (χ2n) is 3.08. The fraction of sp³-hybridized carbons (Fsp3) is 0.625. The predicted octanol–water partition coefficient (Wildman–Crippen LogP) is 1.77. The lowest BCUT2D eigenvalue weighted by Gasteiger charge is -2.00. The van der Waals surface area contributed by atoms with Crippen LogP contribution in [-0.4, -0.2) is 22.2 Å². The molecule has 1 aromatic heterocycles. The van der Waals surface area contributed by atoms with E-state index in [1.807, 2.05) is 0 Å². The number of thioether (sulfide) groups is 1. The molecule has 0 atom stereocenters. The summed E-state index contributed by atoms with van der Waals surface area (Å²) in [6.07, 6.45) is 0.559. The van der Waals surface area contributed by atoms with E-state index >= 15 is 0 Å². The first-order valence-corrected chi connectivity index (χ1v) is 5.23. The first-order chi connectivity index (χ1) is 6.22. The third-order valence-corrected chi connectivity index (χ3v) is 2.63. The van der Waals surface area contributed by atoms with Gasteiger partial charge in [0.2, 0.25) is 6.29 Å². The van der Waals surface area contributed by atoms with E-state index in [4.69, 9.17) is 0 Å². The summed E-state index contributed by atoms with van der Waals surface area (Å²) in [6.45, 7) is 4.31. The molecule has 1 aromatic rings. The SMILES string of the molecule is CC(C)CSCc1noc(C=O)n1. The molecular weight excluding hydrogens is 188 g/mol. The normalized spacial score (nSPS) is 10.7. The lowest BCUT2D eigenvalue weighted by atomic mass is 10.3. The summed E-state index contributed by atoms with van der Waals surface area (Å²) in [4.78, 5) is 14.1. The van der Waals surface area contributed by atoms with Gasteiger partial charge < -0.3 is 4.52 Å². The van der Waals surface area contributed by atoms with Gasteiger partial charge >= 0.3 is 0 Å². The monoisotopic (exact) mass is 200 g/mol. The quantitative estimate of drug-likeness (QED) is 0.678. The van der Waals surface area contributed by atoms with Gasteiger partial charge in [0.15, 0.2) is 5.82 Å². The Labute approximate surface area is 81.1 Å². The van der Waals surface area contributed by atoms with Crippen molar-refractivity contribution in [1.29, 1.82) is 0 Å². The molecule has 0 aliphatic heterocycles. The van der Waals surface area contributed by atoms with Crippen LogP contribution in [0, 0.1) is 5.92 Å². The Hall–Kier alpha value is -0.840. The molecule has 0 fully saturated rings. The largest absolute Gasteiger partial charge is 0.331 e. The molecule has 1 rings (SSSR count). The molecule has 13 heavy (non-hydrogen) atoms. The number of rotatable bonds is 5. The van der Waals surface area contributed by atoms with Crippen molar-refractivity contribution in [1.82, 2.24) is 10.1 Å². The molecular formula is C8H12N2O2S. The van der Waals surface area contributed by atoms with Crippen LogP contribution in [0.3, 0.4) is 0 Å². The highest BCUT2D eigenvalue weighted by Gasteiger charge is 2.04. The molecule has 0 N–H and O–H groups in total. The van der Waals surface area contributed by atoms with Crippen molar-refractivity contribution < 1.29 is 9.32 Å². The number of nitrogens with zero attached hydrogens (tertiary/aromatic N) is 2. The molecule has 0 saturated heterocycles. The van der Waals surface area contributed by atoms with Gasteiger partial charge in [0.25, 0.3) is 5.89 Å². The van der Waals surface area contributed by atoms with Crippen LogP contribution in [0.2, 0.25) is 0 Å². The number of carbonyl (C=O) groups excluding carboxylic acids is 1. The molecule has 0 aliphatic rings. The number of carbonyl (C=O) groups is 1. The van der Waals surface area contributed by atoms with Crippen LogP contribution in [0.4, 0.5) is 0 Å². The summed E-state index contributed by atoms with van der Waals surface area (Å²) in [7, 11) is 0. The van der Waals surface area contributed by atoms with Crippen molar-refractivity contribution in [3.63, 3.8) is 0 Å². The summed E-state index contributed by atoms with van der Waals surface area (Å²) in [5.74, 6) is 3.07. The maximum atomic E-state index is 10.2. The molecule has 4 nitrogen and oxygen atoms in total. The van der Waals surface area contributed by atoms with Gasteiger partial charge in [0, 0.05) is 0 Å². The molecule has 0 aromatic carbocycles. The highest BCUT2D eigenvalue weighted by atomic mass is 32.2. The molecule has 1 heterocycles. The van der Waals surface area contributed by atoms with E-state index < -0.39 is 0 Å². The molecule has 72 valence electrons. The van der Waals surface area contributed by atoms with E-state index in [1.165, 1.54) is 0 Å². The van der Waals surface area contributed by atoms with Crippen LogP contribution in [-0.2, 0) is 5.75 Å². The maximum absolute atomic E-state index is 10.2. The topological polar surface area (TPSA) is 56.0 Å². The smallest absolute Gasteiger partial charge is 0.290 e. The summed E-state index contributed by atoms with van der Waals surface area (Å²) < 4.78 is 4.63. The molecule has 0 saturated carbocycles. The highest BCUT2D eigenvalue weighted by molar-refractivity contribution is 7.98. The zero-order chi connectivity index (χ0) is 9.68. The van der Waals surface area contributed by atoms with Crippen LogP contribution < -0.4 is 0 Å². The van der Waals surface area contributed by atoms with Gasteiger partial charge in [0.1, 0.15) is 0 Å². The van der Waals surface area contributed by atoms with E-state index in [-0.39, 0.29) is 5.89 Å². The Bertz CT molecular complexity index is 273. The number of hydrogen-bond acceptors (Lipinski definition) is 5. The van der Waals surface area contributed by atoms with Crippen LogP contribution in [0.15, 0.2) is 4.52 Å². The molecule has 0 bridgehead atoms. The Kier molecular flexibility index (Phi) is 3.95. The summed E-state index contributed by atoms with van der Waals surface area (Å²) in [6, 6.07) is 0. The highest BCUT2D eigenvalue weighted by Crippen LogP contribution is 2.12. The minimum absolute atomic E-state index is 0.0557. The van der Waals surface area contributed by atoms with E-state index in [0.29, 0.717) is 23.8 Å². The third-order valence-electron chi connectivity index (χ3n) is 1.27. The Balaban J connectivity index is 2.32. The Morgan fingerprint density at radius 1 is 1.62 bits per heavy atom. The minimum Gasteiger partial charge on any atom is -0.331 e. The van der Waals surface area contributed by atoms with E-state index in [1.54, 1.807) is 11.8 Å². The second-order valence-corrected chi connectivity index (χ2v) is 4.11. The number of aromatic nitrogens is 2. The molecule has 0 radical (unpaired) electrons. The Morgan fingerprint density at radius 3 is 2.92 bits per heavy atom. The Morgan fingerprint density at radius 2 is 2.38 bits per heavy atom. The number of hydrogen-bond donors (Lipinski definition) is 0. The van der Waals surface area contributed by atoms with Gasteiger partial charge in [-0.05, 0) is 11.7 Å². The van der Waals surface area contributed by atoms with E-state index in [0.717, 1.165) is 5.75 Å². The average molecular weight is 200 g/mol. The molecule has 0 spiro atoms. The zero-order valence-corrected chi connectivity index (χ0v) is 8.50. The lowest BCUT2D eigenvalue weighted by molar-refractivity contribution is 0.108. The first-order valence-electron chi connectivity index (χ1n) is 4.08. The van der Waals surface area contributed by atoms with Crippen molar-refractivity contribution >= 4 is 18.0 Å². The van der Waals surface area contributed by atoms with Gasteiger partial charge in [-0.25, -0.2) is 0 Å². The lowest BCUT2D eigenvalue weighted by Crippen LogP contribution is -1.92. The van der Waals surface area contributed by atoms with Crippen molar-refractivity contribution in [2.24, 2.45) is 5.92 Å². The molecule has 0 unspecified atom stereocenters. The average Bonchev–Trinajstić information content (AvgIpc) is 2.52. The van der Waals surface area contributed by atoms with Gasteiger partial charge in [-0.2, -0.15) is 16.7 Å². The van der Waals surface area contributed by atoms with Crippen molar-refractivity contribution in [3.8, 4) is 0 Å². The van der Waals surface area contributed by atoms with Gasteiger partial charge in [-0.3, -0.25) is 4.79 Å². The van der Waals surface area contributed by atoms with Gasteiger partial charge in [0.05, 0.1) is 5.75 Å². The molecule has 0 aliphatic carbocycles. The standard InChI is InChI=1S/C8H12N2O2S/c1-6(2)4-13-5-7-9-8(3-11)12-10-7/h3,6H,4-5H2,1-2H3. The van der Waals surface area contributed by atoms with Crippen LogP contribution in [0.5, 0.6) is 0 Å². The second kappa shape index (κ2) is 5.01. The predicted molar refractivity (Wildman–Crippen MR) is 50.7 cm³/mol. The zero-order valence-electron chi connectivity index (χ0n) is 7.69. The fourth-order valence-corrected chi connectivity index (χ4v) is 1.65. The summed E-state index contributed by atoms with van der Waals surface area (Å²) in [5, 5.41) is 3.65.